The molecule has 0 bridgehead atoms. The number of halogens is 1. The second kappa shape index (κ2) is 5.15. The Hall–Kier alpha value is -0.880. The van der Waals surface area contributed by atoms with Crippen molar-refractivity contribution in [1.82, 2.24) is 10.2 Å². The number of thiophene rings is 1. The quantitative estimate of drug-likeness (QED) is 0.824. The van der Waals surface area contributed by atoms with Gasteiger partial charge in [-0.05, 0) is 59.0 Å². The molecule has 3 rings (SSSR count). The van der Waals surface area contributed by atoms with Crippen molar-refractivity contribution >= 4 is 39.2 Å². The van der Waals surface area contributed by atoms with Gasteiger partial charge >= 0.3 is 6.03 Å². The van der Waals surface area contributed by atoms with Gasteiger partial charge in [-0.25, -0.2) is 4.79 Å². The third-order valence-corrected chi connectivity index (χ3v) is 6.28. The maximum absolute atomic E-state index is 12.7. The highest BCUT2D eigenvalue weighted by Crippen LogP contribution is 2.37. The Morgan fingerprint density at radius 2 is 2.15 bits per heavy atom. The van der Waals surface area contributed by atoms with E-state index in [1.807, 2.05) is 11.4 Å². The van der Waals surface area contributed by atoms with E-state index in [-0.39, 0.29) is 11.9 Å². The second-order valence-electron chi connectivity index (χ2n) is 5.78. The monoisotopic (exact) mass is 356 g/mol. The van der Waals surface area contributed by atoms with Crippen LogP contribution in [0.2, 0.25) is 0 Å². The molecule has 20 heavy (non-hydrogen) atoms. The zero-order chi connectivity index (χ0) is 14.3. The minimum absolute atomic E-state index is 0.0466. The number of hydrogen-bond acceptors (Lipinski definition) is 3. The molecular weight excluding hydrogens is 340 g/mol. The molecule has 108 valence electrons. The van der Waals surface area contributed by atoms with Gasteiger partial charge in [-0.1, -0.05) is 6.92 Å². The number of imide groups is 1. The zero-order valence-electron chi connectivity index (χ0n) is 11.3. The molecule has 4 nitrogen and oxygen atoms in total. The van der Waals surface area contributed by atoms with E-state index in [0.717, 1.165) is 35.0 Å². The third-order valence-electron chi connectivity index (χ3n) is 4.37. The standard InChI is InChI=1S/C14H17BrN2O2S/c1-9-2-5-14(6-3-9)12(18)17(13(19)16-14)8-11-10(15)4-7-20-11/h4,7,9H,2-3,5-6,8H2,1H3,(H,16,19). The van der Waals surface area contributed by atoms with Crippen LogP contribution in [0.1, 0.15) is 37.5 Å². The molecule has 2 fully saturated rings. The van der Waals surface area contributed by atoms with E-state index in [0.29, 0.717) is 12.5 Å². The fraction of sp³-hybridized carbons (Fsp3) is 0.571. The first-order valence-electron chi connectivity index (χ1n) is 6.88. The maximum Gasteiger partial charge on any atom is 0.325 e. The molecule has 6 heteroatoms. The summed E-state index contributed by atoms with van der Waals surface area (Å²) in [5, 5.41) is 4.90. The molecule has 0 atom stereocenters. The van der Waals surface area contributed by atoms with E-state index in [9.17, 15) is 9.59 Å². The van der Waals surface area contributed by atoms with Gasteiger partial charge in [-0.2, -0.15) is 0 Å². The van der Waals surface area contributed by atoms with Gasteiger partial charge in [0, 0.05) is 9.35 Å². The van der Waals surface area contributed by atoms with Crippen molar-refractivity contribution in [3.8, 4) is 0 Å². The highest BCUT2D eigenvalue weighted by Gasteiger charge is 2.52. The number of nitrogens with one attached hydrogen (secondary N) is 1. The van der Waals surface area contributed by atoms with E-state index in [1.165, 1.54) is 4.90 Å². The summed E-state index contributed by atoms with van der Waals surface area (Å²) in [6, 6.07) is 1.70. The second-order valence-corrected chi connectivity index (χ2v) is 7.63. The number of amides is 3. The number of carbonyl (C=O) groups is 2. The third kappa shape index (κ3) is 2.29. The normalized spacial score (nSPS) is 30.1. The molecule has 1 spiro atoms. The van der Waals surface area contributed by atoms with Gasteiger partial charge in [-0.3, -0.25) is 9.69 Å². The van der Waals surface area contributed by atoms with Crippen molar-refractivity contribution in [1.29, 1.82) is 0 Å². The summed E-state index contributed by atoms with van der Waals surface area (Å²) < 4.78 is 0.960. The van der Waals surface area contributed by atoms with E-state index in [4.69, 9.17) is 0 Å². The van der Waals surface area contributed by atoms with Crippen molar-refractivity contribution in [3.63, 3.8) is 0 Å². The minimum atomic E-state index is -0.632. The van der Waals surface area contributed by atoms with Crippen molar-refractivity contribution in [3.05, 3.63) is 20.8 Å². The van der Waals surface area contributed by atoms with Crippen molar-refractivity contribution < 1.29 is 9.59 Å². The number of urea groups is 1. The van der Waals surface area contributed by atoms with Crippen LogP contribution in [0.15, 0.2) is 15.9 Å². The van der Waals surface area contributed by atoms with Crippen LogP contribution in [0.25, 0.3) is 0 Å². The Labute approximate surface area is 130 Å². The summed E-state index contributed by atoms with van der Waals surface area (Å²) in [6.07, 6.45) is 3.53. The van der Waals surface area contributed by atoms with Crippen LogP contribution in [-0.2, 0) is 11.3 Å². The van der Waals surface area contributed by atoms with Gasteiger partial charge in [0.1, 0.15) is 5.54 Å². The van der Waals surface area contributed by atoms with Gasteiger partial charge in [0.05, 0.1) is 6.54 Å². The molecule has 0 radical (unpaired) electrons. The molecule has 2 aliphatic rings. The first-order chi connectivity index (χ1) is 9.52. The molecular formula is C14H17BrN2O2S. The molecule has 1 saturated heterocycles. The van der Waals surface area contributed by atoms with E-state index in [1.54, 1.807) is 11.3 Å². The lowest BCUT2D eigenvalue weighted by Gasteiger charge is -2.33. The summed E-state index contributed by atoms with van der Waals surface area (Å²) in [5.41, 5.74) is -0.632. The molecule has 2 heterocycles. The fourth-order valence-corrected chi connectivity index (χ4v) is 4.46. The number of hydrogen-bond donors (Lipinski definition) is 1. The minimum Gasteiger partial charge on any atom is -0.323 e. The van der Waals surface area contributed by atoms with Crippen LogP contribution >= 0.6 is 27.3 Å². The average molecular weight is 357 g/mol. The largest absolute Gasteiger partial charge is 0.325 e. The van der Waals surface area contributed by atoms with E-state index >= 15 is 0 Å². The molecule has 1 N–H and O–H groups in total. The van der Waals surface area contributed by atoms with Gasteiger partial charge in [-0.15, -0.1) is 11.3 Å². The van der Waals surface area contributed by atoms with Crippen molar-refractivity contribution in [2.45, 2.75) is 44.7 Å². The van der Waals surface area contributed by atoms with Gasteiger partial charge < -0.3 is 5.32 Å². The summed E-state index contributed by atoms with van der Waals surface area (Å²) >= 11 is 5.00. The lowest BCUT2D eigenvalue weighted by Crippen LogP contribution is -2.49. The SMILES string of the molecule is CC1CCC2(CC1)NC(=O)N(Cc1sccc1Br)C2=O. The topological polar surface area (TPSA) is 49.4 Å². The Morgan fingerprint density at radius 1 is 1.45 bits per heavy atom. The van der Waals surface area contributed by atoms with Crippen LogP contribution in [0.5, 0.6) is 0 Å². The molecule has 0 aromatic carbocycles. The number of carbonyl (C=O) groups excluding carboxylic acids is 2. The van der Waals surface area contributed by atoms with Crippen LogP contribution in [0.4, 0.5) is 4.79 Å². The van der Waals surface area contributed by atoms with Crippen LogP contribution in [0, 0.1) is 5.92 Å². The zero-order valence-corrected chi connectivity index (χ0v) is 13.7. The van der Waals surface area contributed by atoms with Crippen LogP contribution in [0.3, 0.4) is 0 Å². The average Bonchev–Trinajstić information content (AvgIpc) is 2.92. The smallest absolute Gasteiger partial charge is 0.323 e. The Morgan fingerprint density at radius 3 is 2.75 bits per heavy atom. The highest BCUT2D eigenvalue weighted by molar-refractivity contribution is 9.10. The summed E-state index contributed by atoms with van der Waals surface area (Å²) in [4.78, 5) is 27.2. The number of nitrogens with zero attached hydrogens (tertiary/aromatic N) is 1. The van der Waals surface area contributed by atoms with Crippen LogP contribution < -0.4 is 5.32 Å². The molecule has 3 amide bonds. The van der Waals surface area contributed by atoms with E-state index in [2.05, 4.69) is 28.2 Å². The molecule has 1 saturated carbocycles. The predicted octanol–water partition coefficient (Wildman–Crippen LogP) is 3.51. The lowest BCUT2D eigenvalue weighted by molar-refractivity contribution is -0.133. The highest BCUT2D eigenvalue weighted by atomic mass is 79.9. The summed E-state index contributed by atoms with van der Waals surface area (Å²) in [5.74, 6) is 0.598. The van der Waals surface area contributed by atoms with Crippen molar-refractivity contribution in [2.75, 3.05) is 0 Å². The first kappa shape index (κ1) is 14.1. The molecule has 1 aromatic rings. The fourth-order valence-electron chi connectivity index (χ4n) is 3.00. The molecule has 1 aliphatic carbocycles. The Balaban J connectivity index is 1.79. The molecule has 1 aromatic heterocycles. The molecule has 1 aliphatic heterocycles. The summed E-state index contributed by atoms with van der Waals surface area (Å²) in [7, 11) is 0. The van der Waals surface area contributed by atoms with Gasteiger partial charge in [0.15, 0.2) is 0 Å². The predicted molar refractivity (Wildman–Crippen MR) is 81.5 cm³/mol. The first-order valence-corrected chi connectivity index (χ1v) is 8.55. The Kier molecular flexibility index (Phi) is 3.62. The number of rotatable bonds is 2. The van der Waals surface area contributed by atoms with E-state index < -0.39 is 5.54 Å². The Bertz CT molecular complexity index is 549. The van der Waals surface area contributed by atoms with Gasteiger partial charge in [0.2, 0.25) is 0 Å². The van der Waals surface area contributed by atoms with Crippen molar-refractivity contribution in [2.24, 2.45) is 5.92 Å². The lowest BCUT2D eigenvalue weighted by atomic mass is 9.77. The summed E-state index contributed by atoms with van der Waals surface area (Å²) in [6.45, 7) is 2.56. The maximum atomic E-state index is 12.7. The molecule has 0 unspecified atom stereocenters. The van der Waals surface area contributed by atoms with Crippen LogP contribution in [-0.4, -0.2) is 22.4 Å². The van der Waals surface area contributed by atoms with Gasteiger partial charge in [0.25, 0.3) is 5.91 Å².